The number of hydrogen-bond donors (Lipinski definition) is 3. The molecule has 6 heteroatoms. The van der Waals surface area contributed by atoms with Crippen LogP contribution in [0.4, 0.5) is 0 Å². The summed E-state index contributed by atoms with van der Waals surface area (Å²) in [4.78, 5) is 15.7. The number of rotatable bonds is 1. The van der Waals surface area contributed by atoms with Crippen LogP contribution in [0.3, 0.4) is 0 Å². The fourth-order valence-corrected chi connectivity index (χ4v) is 0.261. The number of nitrogens with two attached hydrogens (primary N) is 1. The second-order valence-corrected chi connectivity index (χ2v) is 2.04. The molecule has 42 valence electrons. The molecular weight excluding hydrogens is 119 g/mol. The predicted octanol–water partition coefficient (Wildman–Crippen LogP) is -0.934. The van der Waals surface area contributed by atoms with Crippen LogP contribution >= 0.6 is 7.75 Å². The van der Waals surface area contributed by atoms with E-state index in [1.165, 1.54) is 0 Å². The highest BCUT2D eigenvalue weighted by Crippen LogP contribution is 2.34. The summed E-state index contributed by atoms with van der Waals surface area (Å²) in [6.45, 7) is 0. The highest BCUT2D eigenvalue weighted by Gasteiger charge is 2.05. The second kappa shape index (κ2) is 2.07. The molecule has 0 aliphatic heterocycles. The van der Waals surface area contributed by atoms with Crippen molar-refractivity contribution in [2.45, 2.75) is 0 Å². The molecule has 0 aromatic heterocycles. The molecule has 0 aliphatic carbocycles. The van der Waals surface area contributed by atoms with Gasteiger partial charge in [0.15, 0.2) is 0 Å². The van der Waals surface area contributed by atoms with E-state index >= 15 is 0 Å². The molecule has 0 rings (SSSR count). The Balaban J connectivity index is 3.82. The number of hydrogen-bond acceptors (Lipinski definition) is 1. The van der Waals surface area contributed by atoms with Crippen molar-refractivity contribution in [2.24, 2.45) is 10.5 Å². The standard InChI is InChI=1S/CH5N2O3P/c2-1-3-7(4,5)6/h1H,(H4,2,3,4,5,6). The summed E-state index contributed by atoms with van der Waals surface area (Å²) in [5, 5.41) is 0. The lowest BCUT2D eigenvalue weighted by Crippen LogP contribution is -1.87. The minimum Gasteiger partial charge on any atom is -0.390 e. The molecule has 0 spiro atoms. The monoisotopic (exact) mass is 124 g/mol. The van der Waals surface area contributed by atoms with Crippen LogP contribution in [-0.2, 0) is 4.57 Å². The van der Waals surface area contributed by atoms with E-state index < -0.39 is 7.75 Å². The van der Waals surface area contributed by atoms with Crippen LogP contribution in [0.25, 0.3) is 0 Å². The Morgan fingerprint density at radius 2 is 2.14 bits per heavy atom. The minimum absolute atomic E-state index is 0.570. The van der Waals surface area contributed by atoms with Crippen molar-refractivity contribution >= 4 is 14.1 Å². The van der Waals surface area contributed by atoms with E-state index in [0.717, 1.165) is 0 Å². The first-order chi connectivity index (χ1) is 3.06. The Hall–Kier alpha value is -0.380. The first-order valence-corrected chi connectivity index (χ1v) is 2.94. The van der Waals surface area contributed by atoms with Crippen LogP contribution in [-0.4, -0.2) is 16.1 Å². The SMILES string of the molecule is NC=NP(=O)(O)O. The van der Waals surface area contributed by atoms with Gasteiger partial charge in [-0.05, 0) is 0 Å². The van der Waals surface area contributed by atoms with E-state index in [0.29, 0.717) is 6.34 Å². The highest BCUT2D eigenvalue weighted by atomic mass is 31.2. The third-order valence-electron chi connectivity index (χ3n) is 0.217. The van der Waals surface area contributed by atoms with Crippen LogP contribution in [0.5, 0.6) is 0 Å². The van der Waals surface area contributed by atoms with Gasteiger partial charge in [-0.1, -0.05) is 0 Å². The lowest BCUT2D eigenvalue weighted by Gasteiger charge is -1.88. The van der Waals surface area contributed by atoms with E-state index in [1.54, 1.807) is 0 Å². The summed E-state index contributed by atoms with van der Waals surface area (Å²) in [5.41, 5.74) is 4.53. The van der Waals surface area contributed by atoms with Crippen LogP contribution in [0.1, 0.15) is 0 Å². The molecule has 4 N–H and O–H groups in total. The summed E-state index contributed by atoms with van der Waals surface area (Å²) in [7, 11) is -4.22. The lowest BCUT2D eigenvalue weighted by atomic mass is 11.4. The van der Waals surface area contributed by atoms with Crippen molar-refractivity contribution < 1.29 is 14.4 Å². The minimum atomic E-state index is -4.22. The van der Waals surface area contributed by atoms with E-state index in [1.807, 2.05) is 0 Å². The summed E-state index contributed by atoms with van der Waals surface area (Å²) >= 11 is 0. The van der Waals surface area contributed by atoms with Gasteiger partial charge in [0.2, 0.25) is 0 Å². The first-order valence-electron chi connectivity index (χ1n) is 1.37. The molecule has 0 bridgehead atoms. The molecule has 0 aliphatic rings. The third-order valence-corrected chi connectivity index (χ3v) is 0.651. The average molecular weight is 124 g/mol. The fourth-order valence-electron chi connectivity index (χ4n) is 0.0868. The van der Waals surface area contributed by atoms with Crippen molar-refractivity contribution in [1.29, 1.82) is 0 Å². The van der Waals surface area contributed by atoms with Gasteiger partial charge < -0.3 is 15.5 Å². The van der Waals surface area contributed by atoms with Gasteiger partial charge in [0.05, 0.1) is 6.34 Å². The molecule has 0 amide bonds. The number of nitrogens with zero attached hydrogens (tertiary/aromatic N) is 1. The Morgan fingerprint density at radius 3 is 2.14 bits per heavy atom. The van der Waals surface area contributed by atoms with Gasteiger partial charge in [0, 0.05) is 0 Å². The van der Waals surface area contributed by atoms with Crippen molar-refractivity contribution in [3.05, 3.63) is 0 Å². The Labute approximate surface area is 40.1 Å². The van der Waals surface area contributed by atoms with Gasteiger partial charge in [-0.25, -0.2) is 4.57 Å². The van der Waals surface area contributed by atoms with E-state index in [9.17, 15) is 4.57 Å². The molecule has 7 heavy (non-hydrogen) atoms. The Kier molecular flexibility index (Phi) is 1.95. The first kappa shape index (κ1) is 6.62. The van der Waals surface area contributed by atoms with Gasteiger partial charge in [0.1, 0.15) is 0 Å². The molecule has 0 fully saturated rings. The molecule has 0 saturated carbocycles. The van der Waals surface area contributed by atoms with Crippen LogP contribution in [0.15, 0.2) is 4.76 Å². The van der Waals surface area contributed by atoms with Crippen molar-refractivity contribution in [2.75, 3.05) is 0 Å². The zero-order chi connectivity index (χ0) is 5.91. The van der Waals surface area contributed by atoms with Gasteiger partial charge in [-0.2, -0.15) is 4.76 Å². The van der Waals surface area contributed by atoms with Crippen LogP contribution < -0.4 is 5.73 Å². The Morgan fingerprint density at radius 1 is 1.71 bits per heavy atom. The van der Waals surface area contributed by atoms with Crippen LogP contribution in [0.2, 0.25) is 0 Å². The second-order valence-electron chi connectivity index (χ2n) is 0.778. The Bertz CT molecular complexity index is 114. The molecule has 0 atom stereocenters. The molecule has 0 unspecified atom stereocenters. The van der Waals surface area contributed by atoms with E-state index in [4.69, 9.17) is 9.79 Å². The average Bonchev–Trinajstić information content (AvgIpc) is 1.30. The zero-order valence-electron chi connectivity index (χ0n) is 3.35. The summed E-state index contributed by atoms with van der Waals surface area (Å²) in [6.07, 6.45) is 0.570. The fraction of sp³-hybridized carbons (Fsp3) is 0. The summed E-state index contributed by atoms with van der Waals surface area (Å²) < 4.78 is 12.2. The van der Waals surface area contributed by atoms with Gasteiger partial charge in [-0.15, -0.1) is 0 Å². The van der Waals surface area contributed by atoms with Crippen molar-refractivity contribution in [1.82, 2.24) is 0 Å². The van der Waals surface area contributed by atoms with E-state index in [2.05, 4.69) is 10.5 Å². The van der Waals surface area contributed by atoms with Gasteiger partial charge in [0.25, 0.3) is 0 Å². The van der Waals surface area contributed by atoms with Crippen LogP contribution in [0, 0.1) is 0 Å². The molecule has 0 aromatic rings. The molecule has 0 aromatic carbocycles. The molecule has 0 radical (unpaired) electrons. The van der Waals surface area contributed by atoms with E-state index in [-0.39, 0.29) is 0 Å². The van der Waals surface area contributed by atoms with Gasteiger partial charge >= 0.3 is 7.75 Å². The topological polar surface area (TPSA) is 95.9 Å². The summed E-state index contributed by atoms with van der Waals surface area (Å²) in [5.74, 6) is 0. The normalized spacial score (nSPS) is 12.9. The van der Waals surface area contributed by atoms with Crippen molar-refractivity contribution in [3.8, 4) is 0 Å². The zero-order valence-corrected chi connectivity index (χ0v) is 4.25. The van der Waals surface area contributed by atoms with Crippen molar-refractivity contribution in [3.63, 3.8) is 0 Å². The smallest absolute Gasteiger partial charge is 0.390 e. The predicted molar refractivity (Wildman–Crippen MR) is 24.7 cm³/mol. The highest BCUT2D eigenvalue weighted by molar-refractivity contribution is 7.50. The molecule has 5 nitrogen and oxygen atoms in total. The van der Waals surface area contributed by atoms with Gasteiger partial charge in [-0.3, -0.25) is 0 Å². The maximum Gasteiger partial charge on any atom is 0.450 e. The summed E-state index contributed by atoms with van der Waals surface area (Å²) in [6, 6.07) is 0. The third kappa shape index (κ3) is 5.62. The molecule has 0 heterocycles. The molecular formula is CH5N2O3P. The molecule has 0 saturated heterocycles. The lowest BCUT2D eigenvalue weighted by molar-refractivity contribution is 0.375. The maximum atomic E-state index is 9.65. The quantitative estimate of drug-likeness (QED) is 0.239. The largest absolute Gasteiger partial charge is 0.450 e. The maximum absolute atomic E-state index is 9.65.